The van der Waals surface area contributed by atoms with Crippen LogP contribution in [0.25, 0.3) is 0 Å². The minimum atomic E-state index is -0.891. The zero-order valence-electron chi connectivity index (χ0n) is 9.11. The third-order valence-corrected chi connectivity index (χ3v) is 4.56. The van der Waals surface area contributed by atoms with Crippen molar-refractivity contribution in [3.05, 3.63) is 49.6 Å². The van der Waals surface area contributed by atoms with Gasteiger partial charge in [-0.05, 0) is 46.3 Å². The first-order chi connectivity index (χ1) is 8.56. The minimum Gasteiger partial charge on any atom is -0.477 e. The zero-order valence-corrected chi connectivity index (χ0v) is 12.3. The molecule has 0 fully saturated rings. The highest BCUT2D eigenvalue weighted by Crippen LogP contribution is 2.26. The van der Waals surface area contributed by atoms with E-state index in [1.165, 1.54) is 11.3 Å². The van der Waals surface area contributed by atoms with E-state index in [0.29, 0.717) is 16.4 Å². The van der Waals surface area contributed by atoms with Gasteiger partial charge in [-0.3, -0.25) is 0 Å². The Bertz CT molecular complexity index is 585. The molecule has 2 rings (SSSR count). The summed E-state index contributed by atoms with van der Waals surface area (Å²) in [5.74, 6) is -0.891. The van der Waals surface area contributed by atoms with Crippen LogP contribution in [0.2, 0.25) is 5.02 Å². The predicted octanol–water partition coefficient (Wildman–Crippen LogP) is 4.47. The molecular weight excluding hydrogens is 338 g/mol. The number of nitrogens with one attached hydrogen (secondary N) is 1. The maximum absolute atomic E-state index is 10.7. The van der Waals surface area contributed by atoms with Crippen LogP contribution < -0.4 is 5.32 Å². The Morgan fingerprint density at radius 2 is 2.17 bits per heavy atom. The van der Waals surface area contributed by atoms with Gasteiger partial charge in [0.05, 0.1) is 5.02 Å². The molecule has 0 aliphatic carbocycles. The Kier molecular flexibility index (Phi) is 4.27. The second kappa shape index (κ2) is 5.73. The van der Waals surface area contributed by atoms with Gasteiger partial charge >= 0.3 is 5.97 Å². The summed E-state index contributed by atoms with van der Waals surface area (Å²) in [6, 6.07) is 9.00. The topological polar surface area (TPSA) is 49.3 Å². The van der Waals surface area contributed by atoms with Crippen LogP contribution in [0.3, 0.4) is 0 Å². The van der Waals surface area contributed by atoms with Gasteiger partial charge in [-0.25, -0.2) is 4.79 Å². The normalized spacial score (nSPS) is 10.3. The molecule has 0 saturated heterocycles. The smallest absolute Gasteiger partial charge is 0.345 e. The van der Waals surface area contributed by atoms with Crippen molar-refractivity contribution in [3.63, 3.8) is 0 Å². The number of carboxylic acid groups (broad SMARTS) is 1. The van der Waals surface area contributed by atoms with E-state index in [2.05, 4.69) is 21.2 Å². The summed E-state index contributed by atoms with van der Waals surface area (Å²) in [7, 11) is 0. The van der Waals surface area contributed by atoms with Crippen LogP contribution in [0.15, 0.2) is 34.8 Å². The Hall–Kier alpha value is -1.04. The molecule has 1 aromatic heterocycles. The van der Waals surface area contributed by atoms with E-state index in [1.54, 1.807) is 6.07 Å². The lowest BCUT2D eigenvalue weighted by Gasteiger charge is -2.05. The molecule has 18 heavy (non-hydrogen) atoms. The van der Waals surface area contributed by atoms with Crippen LogP contribution in [0, 0.1) is 0 Å². The quantitative estimate of drug-likeness (QED) is 0.858. The fourth-order valence-electron chi connectivity index (χ4n) is 1.38. The van der Waals surface area contributed by atoms with Crippen molar-refractivity contribution >= 4 is 50.5 Å². The molecular formula is C12H9BrClNO2S. The first-order valence-corrected chi connectivity index (χ1v) is 7.06. The van der Waals surface area contributed by atoms with Crippen molar-refractivity contribution in [3.8, 4) is 0 Å². The first kappa shape index (κ1) is 13.4. The number of benzene rings is 1. The second-order valence-electron chi connectivity index (χ2n) is 3.55. The van der Waals surface area contributed by atoms with E-state index >= 15 is 0 Å². The highest BCUT2D eigenvalue weighted by molar-refractivity contribution is 9.10. The maximum atomic E-state index is 10.7. The highest BCUT2D eigenvalue weighted by atomic mass is 79.9. The Morgan fingerprint density at radius 1 is 1.39 bits per heavy atom. The number of carboxylic acids is 1. The van der Waals surface area contributed by atoms with E-state index in [4.69, 9.17) is 16.7 Å². The summed E-state index contributed by atoms with van der Waals surface area (Å²) in [6.45, 7) is 0.579. The van der Waals surface area contributed by atoms with Crippen molar-refractivity contribution in [2.45, 2.75) is 6.54 Å². The van der Waals surface area contributed by atoms with Gasteiger partial charge in [-0.15, -0.1) is 11.3 Å². The molecule has 0 amide bonds. The van der Waals surface area contributed by atoms with Gasteiger partial charge in [0, 0.05) is 21.6 Å². The average Bonchev–Trinajstić information content (AvgIpc) is 2.79. The summed E-state index contributed by atoms with van der Waals surface area (Å²) in [5, 5.41) is 12.6. The summed E-state index contributed by atoms with van der Waals surface area (Å²) in [4.78, 5) is 12.1. The molecule has 0 bridgehead atoms. The van der Waals surface area contributed by atoms with E-state index in [1.807, 2.05) is 24.3 Å². The van der Waals surface area contributed by atoms with Crippen molar-refractivity contribution in [1.29, 1.82) is 0 Å². The molecule has 0 unspecified atom stereocenters. The van der Waals surface area contributed by atoms with Crippen LogP contribution in [0.1, 0.15) is 14.5 Å². The van der Waals surface area contributed by atoms with Crippen LogP contribution in [-0.2, 0) is 6.54 Å². The van der Waals surface area contributed by atoms with Crippen LogP contribution >= 0.6 is 38.9 Å². The number of hydrogen-bond acceptors (Lipinski definition) is 3. The lowest BCUT2D eigenvalue weighted by molar-refractivity contribution is 0.0702. The van der Waals surface area contributed by atoms with Crippen LogP contribution in [0.5, 0.6) is 0 Å². The number of thiophene rings is 1. The van der Waals surface area contributed by atoms with Crippen molar-refractivity contribution < 1.29 is 9.90 Å². The Morgan fingerprint density at radius 3 is 2.78 bits per heavy atom. The molecule has 0 radical (unpaired) electrons. The molecule has 1 heterocycles. The Balaban J connectivity index is 2.02. The number of anilines is 1. The standard InChI is InChI=1S/C12H9BrClNO2S/c13-9-3-1-7(5-10(9)14)15-6-8-2-4-11(18-8)12(16)17/h1-5,15H,6H2,(H,16,17). The van der Waals surface area contributed by atoms with E-state index < -0.39 is 5.97 Å². The molecule has 0 atom stereocenters. The SMILES string of the molecule is O=C(O)c1ccc(CNc2ccc(Br)c(Cl)c2)s1. The van der Waals surface area contributed by atoms with Gasteiger partial charge in [0.2, 0.25) is 0 Å². The molecule has 2 aromatic rings. The number of halogens is 2. The predicted molar refractivity (Wildman–Crippen MR) is 77.8 cm³/mol. The summed E-state index contributed by atoms with van der Waals surface area (Å²) < 4.78 is 0.846. The third kappa shape index (κ3) is 3.25. The van der Waals surface area contributed by atoms with E-state index in [0.717, 1.165) is 15.0 Å². The molecule has 0 aliphatic rings. The number of hydrogen-bond donors (Lipinski definition) is 2. The number of aromatic carboxylic acids is 1. The van der Waals surface area contributed by atoms with E-state index in [9.17, 15) is 4.79 Å². The molecule has 6 heteroatoms. The van der Waals surface area contributed by atoms with Gasteiger partial charge in [0.15, 0.2) is 0 Å². The van der Waals surface area contributed by atoms with Crippen LogP contribution in [-0.4, -0.2) is 11.1 Å². The molecule has 3 nitrogen and oxygen atoms in total. The summed E-state index contributed by atoms with van der Waals surface area (Å²) in [5.41, 5.74) is 0.897. The molecule has 94 valence electrons. The number of carbonyl (C=O) groups is 1. The monoisotopic (exact) mass is 345 g/mol. The maximum Gasteiger partial charge on any atom is 0.345 e. The highest BCUT2D eigenvalue weighted by Gasteiger charge is 2.06. The second-order valence-corrected chi connectivity index (χ2v) is 5.98. The summed E-state index contributed by atoms with van der Waals surface area (Å²) in [6.07, 6.45) is 0. The van der Waals surface area contributed by atoms with Gasteiger partial charge in [0.1, 0.15) is 4.88 Å². The lowest BCUT2D eigenvalue weighted by atomic mass is 10.3. The molecule has 0 saturated carbocycles. The zero-order chi connectivity index (χ0) is 13.1. The molecule has 0 aliphatic heterocycles. The van der Waals surface area contributed by atoms with Crippen molar-refractivity contribution in [1.82, 2.24) is 0 Å². The van der Waals surface area contributed by atoms with Crippen LogP contribution in [0.4, 0.5) is 5.69 Å². The summed E-state index contributed by atoms with van der Waals surface area (Å²) >= 11 is 10.6. The fraction of sp³-hybridized carbons (Fsp3) is 0.0833. The average molecular weight is 347 g/mol. The fourth-order valence-corrected chi connectivity index (χ4v) is 2.60. The largest absolute Gasteiger partial charge is 0.477 e. The van der Waals surface area contributed by atoms with Gasteiger partial charge in [0.25, 0.3) is 0 Å². The van der Waals surface area contributed by atoms with Gasteiger partial charge < -0.3 is 10.4 Å². The van der Waals surface area contributed by atoms with E-state index in [-0.39, 0.29) is 0 Å². The van der Waals surface area contributed by atoms with Gasteiger partial charge in [-0.1, -0.05) is 11.6 Å². The third-order valence-electron chi connectivity index (χ3n) is 2.26. The molecule has 0 spiro atoms. The first-order valence-electron chi connectivity index (χ1n) is 5.07. The lowest BCUT2D eigenvalue weighted by Crippen LogP contribution is -1.97. The van der Waals surface area contributed by atoms with Gasteiger partial charge in [-0.2, -0.15) is 0 Å². The Labute approximate surface area is 122 Å². The number of rotatable bonds is 4. The molecule has 2 N–H and O–H groups in total. The van der Waals surface area contributed by atoms with Crippen molar-refractivity contribution in [2.24, 2.45) is 0 Å². The molecule has 1 aromatic carbocycles. The minimum absolute atomic E-state index is 0.348. The van der Waals surface area contributed by atoms with Crippen molar-refractivity contribution in [2.75, 3.05) is 5.32 Å².